The molecule has 1 nitrogen and oxygen atoms in total. The SMILES string of the molecule is Cc1cc(P=O)c(C)c(C)c1C. The van der Waals surface area contributed by atoms with E-state index >= 15 is 0 Å². The van der Waals surface area contributed by atoms with E-state index in [1.165, 1.54) is 16.7 Å². The third-order valence-corrected chi connectivity index (χ3v) is 3.21. The van der Waals surface area contributed by atoms with Crippen LogP contribution < -0.4 is 5.30 Å². The minimum atomic E-state index is 0.125. The molecule has 64 valence electrons. The van der Waals surface area contributed by atoms with Gasteiger partial charge in [0.1, 0.15) is 0 Å². The summed E-state index contributed by atoms with van der Waals surface area (Å²) in [6, 6.07) is 1.99. The zero-order valence-electron chi connectivity index (χ0n) is 7.93. The Kier molecular flexibility index (Phi) is 2.64. The van der Waals surface area contributed by atoms with Crippen LogP contribution in [0.4, 0.5) is 0 Å². The van der Waals surface area contributed by atoms with Crippen molar-refractivity contribution >= 4 is 13.8 Å². The van der Waals surface area contributed by atoms with Gasteiger partial charge in [-0.15, -0.1) is 0 Å². The lowest BCUT2D eigenvalue weighted by atomic mass is 10.00. The number of rotatable bonds is 1. The molecule has 0 N–H and O–H groups in total. The van der Waals surface area contributed by atoms with Crippen molar-refractivity contribution in [3.05, 3.63) is 28.3 Å². The van der Waals surface area contributed by atoms with Gasteiger partial charge in [-0.25, -0.2) is 0 Å². The number of aryl methyl sites for hydroxylation is 1. The average Bonchev–Trinajstić information content (AvgIpc) is 2.08. The molecule has 0 aliphatic rings. The molecule has 0 saturated heterocycles. The van der Waals surface area contributed by atoms with Crippen molar-refractivity contribution < 1.29 is 4.57 Å². The van der Waals surface area contributed by atoms with Gasteiger partial charge in [-0.2, -0.15) is 0 Å². The van der Waals surface area contributed by atoms with Crippen LogP contribution in [0, 0.1) is 27.7 Å². The summed E-state index contributed by atoms with van der Waals surface area (Å²) in [6.07, 6.45) is 0. The molecule has 1 rings (SSSR count). The maximum absolute atomic E-state index is 10.7. The van der Waals surface area contributed by atoms with Crippen molar-refractivity contribution in [3.63, 3.8) is 0 Å². The van der Waals surface area contributed by atoms with Crippen LogP contribution in [0.5, 0.6) is 0 Å². The third kappa shape index (κ3) is 1.42. The van der Waals surface area contributed by atoms with E-state index in [1.54, 1.807) is 0 Å². The fourth-order valence-corrected chi connectivity index (χ4v) is 1.84. The zero-order valence-corrected chi connectivity index (χ0v) is 8.83. The van der Waals surface area contributed by atoms with Crippen molar-refractivity contribution in [3.8, 4) is 0 Å². The highest BCUT2D eigenvalue weighted by Crippen LogP contribution is 2.17. The summed E-state index contributed by atoms with van der Waals surface area (Å²) in [7, 11) is 0.125. The van der Waals surface area contributed by atoms with Crippen molar-refractivity contribution in [2.24, 2.45) is 0 Å². The van der Waals surface area contributed by atoms with Crippen molar-refractivity contribution in [2.75, 3.05) is 0 Å². The van der Waals surface area contributed by atoms with Crippen LogP contribution in [0.3, 0.4) is 0 Å². The minimum absolute atomic E-state index is 0.125. The average molecular weight is 180 g/mol. The minimum Gasteiger partial charge on any atom is -0.269 e. The Bertz CT molecular complexity index is 329. The topological polar surface area (TPSA) is 17.1 Å². The normalized spacial score (nSPS) is 10.7. The van der Waals surface area contributed by atoms with E-state index in [0.717, 1.165) is 10.9 Å². The highest BCUT2D eigenvalue weighted by atomic mass is 31.1. The van der Waals surface area contributed by atoms with Crippen LogP contribution in [0.2, 0.25) is 0 Å². The third-order valence-electron chi connectivity index (χ3n) is 2.55. The molecule has 12 heavy (non-hydrogen) atoms. The molecule has 0 amide bonds. The van der Waals surface area contributed by atoms with Gasteiger partial charge < -0.3 is 0 Å². The van der Waals surface area contributed by atoms with Crippen LogP contribution >= 0.6 is 8.46 Å². The maximum Gasteiger partial charge on any atom is 0.192 e. The first-order chi connectivity index (χ1) is 5.57. The van der Waals surface area contributed by atoms with Gasteiger partial charge in [-0.05, 0) is 56.0 Å². The second-order valence-electron chi connectivity index (χ2n) is 3.18. The molecule has 2 heteroatoms. The first kappa shape index (κ1) is 9.41. The van der Waals surface area contributed by atoms with E-state index in [2.05, 4.69) is 20.8 Å². The predicted molar refractivity (Wildman–Crippen MR) is 52.6 cm³/mol. The van der Waals surface area contributed by atoms with E-state index in [1.807, 2.05) is 13.0 Å². The molecule has 1 aromatic carbocycles. The molecule has 0 aliphatic heterocycles. The van der Waals surface area contributed by atoms with Gasteiger partial charge >= 0.3 is 0 Å². The van der Waals surface area contributed by atoms with Gasteiger partial charge in [0.2, 0.25) is 0 Å². The summed E-state index contributed by atoms with van der Waals surface area (Å²) in [4.78, 5) is 0. The van der Waals surface area contributed by atoms with Gasteiger partial charge in [-0.3, -0.25) is 4.57 Å². The molecular weight excluding hydrogens is 167 g/mol. The van der Waals surface area contributed by atoms with Crippen LogP contribution in [0.25, 0.3) is 0 Å². The predicted octanol–water partition coefficient (Wildman–Crippen LogP) is 2.84. The summed E-state index contributed by atoms with van der Waals surface area (Å²) in [5, 5.41) is 0.913. The lowest BCUT2D eigenvalue weighted by Crippen LogP contribution is -2.04. The molecule has 0 unspecified atom stereocenters. The van der Waals surface area contributed by atoms with Crippen LogP contribution in [0.1, 0.15) is 22.3 Å². The summed E-state index contributed by atoms with van der Waals surface area (Å²) in [5.74, 6) is 0. The molecule has 0 bridgehead atoms. The standard InChI is InChI=1S/C10H13OP/c1-6-5-10(12-11)9(4)8(3)7(6)2/h5H,1-4H3. The highest BCUT2D eigenvalue weighted by molar-refractivity contribution is 7.34. The summed E-state index contributed by atoms with van der Waals surface area (Å²) >= 11 is 0. The lowest BCUT2D eigenvalue weighted by molar-refractivity contribution is 0.603. The van der Waals surface area contributed by atoms with Crippen molar-refractivity contribution in [1.82, 2.24) is 0 Å². The van der Waals surface area contributed by atoms with E-state index in [4.69, 9.17) is 0 Å². The van der Waals surface area contributed by atoms with Gasteiger partial charge in [0.15, 0.2) is 8.46 Å². The Balaban J connectivity index is 3.49. The van der Waals surface area contributed by atoms with Crippen molar-refractivity contribution in [2.45, 2.75) is 27.7 Å². The molecule has 0 spiro atoms. The Labute approximate surface area is 75.0 Å². The summed E-state index contributed by atoms with van der Waals surface area (Å²) in [6.45, 7) is 8.24. The number of hydrogen-bond acceptors (Lipinski definition) is 1. The Morgan fingerprint density at radius 3 is 2.08 bits per heavy atom. The molecule has 0 aromatic heterocycles. The first-order valence-electron chi connectivity index (χ1n) is 3.98. The fraction of sp³-hybridized carbons (Fsp3) is 0.400. The molecule has 0 fully saturated rings. The molecule has 0 aliphatic carbocycles. The number of benzene rings is 1. The lowest BCUT2D eigenvalue weighted by Gasteiger charge is -2.09. The first-order valence-corrected chi connectivity index (χ1v) is 4.80. The Morgan fingerprint density at radius 2 is 1.58 bits per heavy atom. The van der Waals surface area contributed by atoms with E-state index in [9.17, 15) is 4.57 Å². The fourth-order valence-electron chi connectivity index (χ4n) is 1.29. The van der Waals surface area contributed by atoms with Gasteiger partial charge in [0.05, 0.1) is 0 Å². The number of hydrogen-bond donors (Lipinski definition) is 0. The monoisotopic (exact) mass is 180 g/mol. The molecular formula is C10H13OP. The smallest absolute Gasteiger partial charge is 0.192 e. The van der Waals surface area contributed by atoms with Crippen molar-refractivity contribution in [1.29, 1.82) is 0 Å². The summed E-state index contributed by atoms with van der Waals surface area (Å²) in [5.41, 5.74) is 4.93. The van der Waals surface area contributed by atoms with E-state index in [0.29, 0.717) is 0 Å². The van der Waals surface area contributed by atoms with Crippen LogP contribution in [0.15, 0.2) is 6.07 Å². The van der Waals surface area contributed by atoms with Crippen LogP contribution in [-0.4, -0.2) is 0 Å². The Hall–Kier alpha value is -0.680. The van der Waals surface area contributed by atoms with Crippen LogP contribution in [-0.2, 0) is 4.57 Å². The molecule has 0 saturated carbocycles. The molecule has 1 aromatic rings. The zero-order chi connectivity index (χ0) is 9.30. The van der Waals surface area contributed by atoms with Gasteiger partial charge in [0.25, 0.3) is 0 Å². The second-order valence-corrected chi connectivity index (χ2v) is 3.84. The Morgan fingerprint density at radius 1 is 1.00 bits per heavy atom. The van der Waals surface area contributed by atoms with Gasteiger partial charge in [0, 0.05) is 5.30 Å². The molecule has 0 atom stereocenters. The molecule has 0 heterocycles. The quantitative estimate of drug-likeness (QED) is 0.607. The largest absolute Gasteiger partial charge is 0.269 e. The van der Waals surface area contributed by atoms with E-state index in [-0.39, 0.29) is 8.46 Å². The van der Waals surface area contributed by atoms with E-state index < -0.39 is 0 Å². The molecule has 0 radical (unpaired) electrons. The summed E-state index contributed by atoms with van der Waals surface area (Å²) < 4.78 is 10.7. The maximum atomic E-state index is 10.7. The van der Waals surface area contributed by atoms with Gasteiger partial charge in [-0.1, -0.05) is 0 Å². The highest BCUT2D eigenvalue weighted by Gasteiger charge is 2.05. The second kappa shape index (κ2) is 3.37.